The fraction of sp³-hybridized carbons (Fsp3) is 0.316. The Balaban J connectivity index is 1.28. The lowest BCUT2D eigenvalue weighted by atomic mass is 9.97. The lowest BCUT2D eigenvalue weighted by Crippen LogP contribution is -2.41. The summed E-state index contributed by atoms with van der Waals surface area (Å²) < 4.78 is 1.98. The third-order valence-electron chi connectivity index (χ3n) is 4.77. The first-order valence-corrected chi connectivity index (χ1v) is 9.74. The van der Waals surface area contributed by atoms with Gasteiger partial charge >= 0.3 is 6.03 Å². The number of thiazole rings is 1. The van der Waals surface area contributed by atoms with Crippen LogP contribution in [0, 0.1) is 5.92 Å². The van der Waals surface area contributed by atoms with Crippen LogP contribution in [-0.2, 0) is 6.54 Å². The minimum Gasteiger partial charge on any atom is -0.325 e. The fourth-order valence-electron chi connectivity index (χ4n) is 3.27. The van der Waals surface area contributed by atoms with Crippen molar-refractivity contribution in [3.63, 3.8) is 0 Å². The van der Waals surface area contributed by atoms with Crippen LogP contribution in [0.4, 0.5) is 10.5 Å². The van der Waals surface area contributed by atoms with Gasteiger partial charge in [-0.25, -0.2) is 9.78 Å². The number of carbonyl (C=O) groups is 1. The second-order valence-corrected chi connectivity index (χ2v) is 7.26. The summed E-state index contributed by atoms with van der Waals surface area (Å²) in [6.07, 6.45) is 5.82. The molecule has 0 saturated carbocycles. The van der Waals surface area contributed by atoms with Gasteiger partial charge in [0.15, 0.2) is 0 Å². The molecule has 3 aromatic rings. The fourth-order valence-corrected chi connectivity index (χ4v) is 3.83. The van der Waals surface area contributed by atoms with Crippen molar-refractivity contribution in [2.75, 3.05) is 18.4 Å². The summed E-state index contributed by atoms with van der Waals surface area (Å²) in [5.74, 6) is 0.580. The van der Waals surface area contributed by atoms with Crippen molar-refractivity contribution in [2.24, 2.45) is 5.92 Å². The van der Waals surface area contributed by atoms with Gasteiger partial charge in [0.2, 0.25) is 0 Å². The van der Waals surface area contributed by atoms with Crippen molar-refractivity contribution in [3.05, 3.63) is 53.6 Å². The van der Waals surface area contributed by atoms with E-state index in [1.807, 2.05) is 63.2 Å². The van der Waals surface area contributed by atoms with E-state index in [1.165, 1.54) is 0 Å². The predicted molar refractivity (Wildman–Crippen MR) is 103 cm³/mol. The van der Waals surface area contributed by atoms with Crippen LogP contribution >= 0.6 is 11.3 Å². The van der Waals surface area contributed by atoms with Crippen molar-refractivity contribution in [1.29, 1.82) is 0 Å². The highest BCUT2D eigenvalue weighted by atomic mass is 32.1. The molecule has 3 heterocycles. The molecule has 1 aliphatic rings. The van der Waals surface area contributed by atoms with Crippen LogP contribution in [0.2, 0.25) is 0 Å². The maximum absolute atomic E-state index is 12.5. The van der Waals surface area contributed by atoms with Crippen molar-refractivity contribution in [3.8, 4) is 11.3 Å². The molecule has 0 spiro atoms. The smallest absolute Gasteiger partial charge is 0.321 e. The normalized spacial score (nSPS) is 15.2. The Morgan fingerprint density at radius 3 is 2.69 bits per heavy atom. The van der Waals surface area contributed by atoms with Crippen LogP contribution in [-0.4, -0.2) is 38.8 Å². The molecule has 7 heteroatoms. The average molecular weight is 367 g/mol. The van der Waals surface area contributed by atoms with Gasteiger partial charge in [-0.05, 0) is 37.0 Å². The van der Waals surface area contributed by atoms with E-state index in [0.29, 0.717) is 5.92 Å². The molecule has 134 valence electrons. The highest BCUT2D eigenvalue weighted by molar-refractivity contribution is 7.07. The van der Waals surface area contributed by atoms with Gasteiger partial charge in [0.05, 0.1) is 11.2 Å². The predicted octanol–water partition coefficient (Wildman–Crippen LogP) is 3.95. The van der Waals surface area contributed by atoms with Crippen molar-refractivity contribution < 1.29 is 4.79 Å². The third-order valence-corrected chi connectivity index (χ3v) is 5.36. The summed E-state index contributed by atoms with van der Waals surface area (Å²) in [5.41, 5.74) is 4.66. The SMILES string of the molecule is O=C(Nc1ccc(-c2cscn2)cc1)N1CCC(Cn2cccn2)CC1. The summed E-state index contributed by atoms with van der Waals surface area (Å²) in [6.45, 7) is 2.50. The van der Waals surface area contributed by atoms with Crippen molar-refractivity contribution in [1.82, 2.24) is 19.7 Å². The number of piperidine rings is 1. The Morgan fingerprint density at radius 2 is 2.04 bits per heavy atom. The summed E-state index contributed by atoms with van der Waals surface area (Å²) >= 11 is 1.58. The minimum atomic E-state index is -0.0241. The number of anilines is 1. The summed E-state index contributed by atoms with van der Waals surface area (Å²) in [5, 5.41) is 9.28. The lowest BCUT2D eigenvalue weighted by molar-refractivity contribution is 0.175. The first-order valence-electron chi connectivity index (χ1n) is 8.80. The third kappa shape index (κ3) is 3.94. The Labute approximate surface area is 156 Å². The Bertz CT molecular complexity index is 821. The standard InChI is InChI=1S/C19H21N5OS/c25-19(22-17-4-2-16(3-5-17)18-13-26-14-20-18)23-10-6-15(7-11-23)12-24-9-1-8-21-24/h1-5,8-9,13-15H,6-7,10-12H2,(H,22,25). The quantitative estimate of drug-likeness (QED) is 0.759. The van der Waals surface area contributed by atoms with E-state index in [0.717, 1.165) is 49.4 Å². The molecule has 1 saturated heterocycles. The zero-order valence-corrected chi connectivity index (χ0v) is 15.2. The molecule has 4 rings (SSSR count). The number of carbonyl (C=O) groups excluding carboxylic acids is 1. The molecule has 0 atom stereocenters. The van der Waals surface area contributed by atoms with Gasteiger partial charge in [0.1, 0.15) is 0 Å². The number of urea groups is 1. The van der Waals surface area contributed by atoms with E-state index in [4.69, 9.17) is 0 Å². The molecule has 1 N–H and O–H groups in total. The van der Waals surface area contributed by atoms with Gasteiger partial charge in [0, 0.05) is 48.7 Å². The molecule has 0 radical (unpaired) electrons. The van der Waals surface area contributed by atoms with Crippen LogP contribution in [0.15, 0.2) is 53.6 Å². The first-order chi connectivity index (χ1) is 12.8. The number of rotatable bonds is 4. The van der Waals surface area contributed by atoms with Gasteiger partial charge < -0.3 is 10.2 Å². The lowest BCUT2D eigenvalue weighted by Gasteiger charge is -2.32. The molecule has 0 bridgehead atoms. The molecular formula is C19H21N5OS. The van der Waals surface area contributed by atoms with Crippen molar-refractivity contribution >= 4 is 23.1 Å². The maximum atomic E-state index is 12.5. The first kappa shape index (κ1) is 16.8. The molecule has 1 fully saturated rings. The van der Waals surface area contributed by atoms with Crippen LogP contribution < -0.4 is 5.32 Å². The Kier molecular flexibility index (Phi) is 4.97. The van der Waals surface area contributed by atoms with Gasteiger partial charge in [0.25, 0.3) is 0 Å². The van der Waals surface area contributed by atoms with Crippen LogP contribution in [0.25, 0.3) is 11.3 Å². The molecule has 6 nitrogen and oxygen atoms in total. The van der Waals surface area contributed by atoms with E-state index in [1.54, 1.807) is 11.3 Å². The van der Waals surface area contributed by atoms with Crippen molar-refractivity contribution in [2.45, 2.75) is 19.4 Å². The molecule has 1 aromatic carbocycles. The second kappa shape index (κ2) is 7.70. The van der Waals surface area contributed by atoms with Gasteiger partial charge in [-0.1, -0.05) is 12.1 Å². The van der Waals surface area contributed by atoms with Gasteiger partial charge in [-0.15, -0.1) is 11.3 Å². The van der Waals surface area contributed by atoms with E-state index < -0.39 is 0 Å². The molecule has 1 aliphatic heterocycles. The number of nitrogens with zero attached hydrogens (tertiary/aromatic N) is 4. The van der Waals surface area contributed by atoms with Gasteiger partial charge in [-0.3, -0.25) is 4.68 Å². The van der Waals surface area contributed by atoms with E-state index in [9.17, 15) is 4.79 Å². The van der Waals surface area contributed by atoms with Crippen LogP contribution in [0.1, 0.15) is 12.8 Å². The van der Waals surface area contributed by atoms with Crippen LogP contribution in [0.5, 0.6) is 0 Å². The van der Waals surface area contributed by atoms with Gasteiger partial charge in [-0.2, -0.15) is 5.10 Å². The summed E-state index contributed by atoms with van der Waals surface area (Å²) in [4.78, 5) is 18.7. The summed E-state index contributed by atoms with van der Waals surface area (Å²) in [6, 6.07) is 9.75. The number of hydrogen-bond acceptors (Lipinski definition) is 4. The maximum Gasteiger partial charge on any atom is 0.321 e. The highest BCUT2D eigenvalue weighted by Crippen LogP contribution is 2.22. The molecule has 2 aromatic heterocycles. The number of benzene rings is 1. The molecule has 0 unspecified atom stereocenters. The zero-order chi connectivity index (χ0) is 17.8. The van der Waals surface area contributed by atoms with Crippen LogP contribution in [0.3, 0.4) is 0 Å². The number of aromatic nitrogens is 3. The summed E-state index contributed by atoms with van der Waals surface area (Å²) in [7, 11) is 0. The highest BCUT2D eigenvalue weighted by Gasteiger charge is 2.23. The Hall–Kier alpha value is -2.67. The number of hydrogen-bond donors (Lipinski definition) is 1. The average Bonchev–Trinajstić information content (AvgIpc) is 3.37. The molecule has 26 heavy (non-hydrogen) atoms. The van der Waals surface area contributed by atoms with E-state index >= 15 is 0 Å². The largest absolute Gasteiger partial charge is 0.325 e. The Morgan fingerprint density at radius 1 is 1.23 bits per heavy atom. The number of amides is 2. The minimum absolute atomic E-state index is 0.0241. The zero-order valence-electron chi connectivity index (χ0n) is 14.4. The monoisotopic (exact) mass is 367 g/mol. The second-order valence-electron chi connectivity index (χ2n) is 6.54. The topological polar surface area (TPSA) is 63.1 Å². The number of nitrogens with one attached hydrogen (secondary N) is 1. The molecule has 2 amide bonds. The van der Waals surface area contributed by atoms with E-state index in [2.05, 4.69) is 15.4 Å². The molecule has 0 aliphatic carbocycles. The number of likely N-dealkylation sites (tertiary alicyclic amines) is 1. The molecular weight excluding hydrogens is 346 g/mol. The van der Waals surface area contributed by atoms with E-state index in [-0.39, 0.29) is 6.03 Å².